The fraction of sp³-hybridized carbons (Fsp3) is 0.469. The molecule has 210 valence electrons. The lowest BCUT2D eigenvalue weighted by Crippen LogP contribution is -2.53. The van der Waals surface area contributed by atoms with Gasteiger partial charge >= 0.3 is 0 Å². The van der Waals surface area contributed by atoms with Crippen LogP contribution >= 0.6 is 11.6 Å². The van der Waals surface area contributed by atoms with E-state index < -0.39 is 0 Å². The molecule has 0 bridgehead atoms. The number of carbonyl (C=O) groups is 2. The Morgan fingerprint density at radius 3 is 2.40 bits per heavy atom. The molecule has 3 aliphatic rings. The molecule has 3 fully saturated rings. The van der Waals surface area contributed by atoms with Crippen molar-refractivity contribution in [2.75, 3.05) is 52.5 Å². The first-order chi connectivity index (χ1) is 19.5. The van der Waals surface area contributed by atoms with Crippen molar-refractivity contribution in [2.24, 2.45) is 5.92 Å². The highest BCUT2D eigenvalue weighted by Gasteiger charge is 2.35. The molecule has 40 heavy (non-hydrogen) atoms. The van der Waals surface area contributed by atoms with Crippen LogP contribution < -0.4 is 0 Å². The van der Waals surface area contributed by atoms with Gasteiger partial charge in [-0.3, -0.25) is 14.5 Å². The maximum atomic E-state index is 14.0. The van der Waals surface area contributed by atoms with E-state index in [9.17, 15) is 9.59 Å². The topological polar surface area (TPSA) is 66.0 Å². The number of benzene rings is 2. The van der Waals surface area contributed by atoms with E-state index in [1.54, 1.807) is 0 Å². The second-order valence-corrected chi connectivity index (χ2v) is 11.8. The van der Waals surface area contributed by atoms with E-state index in [1.165, 1.54) is 0 Å². The Kier molecular flexibility index (Phi) is 8.05. The minimum Gasteiger partial charge on any atom is -0.378 e. The van der Waals surface area contributed by atoms with E-state index in [1.807, 2.05) is 59.2 Å². The molecule has 3 aromatic rings. The second kappa shape index (κ2) is 11.9. The molecular weight excluding hydrogens is 524 g/mol. The zero-order valence-electron chi connectivity index (χ0n) is 23.2. The van der Waals surface area contributed by atoms with Crippen LogP contribution in [0.15, 0.2) is 48.5 Å². The first-order valence-electron chi connectivity index (χ1n) is 14.5. The first-order valence-corrected chi connectivity index (χ1v) is 14.9. The number of hydrogen-bond acceptors (Lipinski definition) is 5. The molecular formula is C32H37ClN4O3. The van der Waals surface area contributed by atoms with E-state index in [-0.39, 0.29) is 17.7 Å². The monoisotopic (exact) mass is 560 g/mol. The number of aryl methyl sites for hydroxylation is 1. The number of carbonyl (C=O) groups excluding carboxylic acids is 2. The highest BCUT2D eigenvalue weighted by molar-refractivity contribution is 6.30. The minimum atomic E-state index is 0.0608. The number of ether oxygens (including phenoxy) is 1. The van der Waals surface area contributed by atoms with Crippen molar-refractivity contribution >= 4 is 34.3 Å². The molecule has 1 atom stereocenters. The first kappa shape index (κ1) is 27.2. The van der Waals surface area contributed by atoms with E-state index in [0.717, 1.165) is 66.5 Å². The number of piperidine rings is 2. The Hall–Kier alpha value is -3.00. The van der Waals surface area contributed by atoms with Crippen molar-refractivity contribution < 1.29 is 14.3 Å². The summed E-state index contributed by atoms with van der Waals surface area (Å²) < 4.78 is 5.43. The zero-order chi connectivity index (χ0) is 27.6. The average Bonchev–Trinajstić information content (AvgIpc) is 3.01. The number of fused-ring (bicyclic) bond motifs is 1. The Labute approximate surface area is 241 Å². The number of aromatic nitrogens is 1. The molecule has 0 N–H and O–H groups in total. The molecule has 0 saturated carbocycles. The summed E-state index contributed by atoms with van der Waals surface area (Å²) >= 11 is 6.11. The summed E-state index contributed by atoms with van der Waals surface area (Å²) in [6, 6.07) is 16.0. The number of nitrogens with zero attached hydrogens (tertiary/aromatic N) is 4. The normalized spacial score (nSPS) is 21.1. The molecule has 1 aromatic heterocycles. The summed E-state index contributed by atoms with van der Waals surface area (Å²) in [6.07, 6.45) is 3.87. The average molecular weight is 561 g/mol. The lowest BCUT2D eigenvalue weighted by Gasteiger charge is -2.43. The SMILES string of the molecule is Cc1ccc2nc(-c3ccc(Cl)cc3)cc(C(=O)N3CCC(N4CCC[C@@H](C(=O)N5CCOCC5)C4)CC3)c2c1. The van der Waals surface area contributed by atoms with Crippen molar-refractivity contribution in [1.82, 2.24) is 19.7 Å². The molecule has 6 rings (SSSR count). The highest BCUT2D eigenvalue weighted by atomic mass is 35.5. The number of morpholine rings is 1. The molecule has 2 aromatic carbocycles. The number of rotatable bonds is 4. The van der Waals surface area contributed by atoms with E-state index in [2.05, 4.69) is 11.0 Å². The van der Waals surface area contributed by atoms with Crippen LogP contribution in [0, 0.1) is 12.8 Å². The quantitative estimate of drug-likeness (QED) is 0.447. The van der Waals surface area contributed by atoms with E-state index >= 15 is 0 Å². The van der Waals surface area contributed by atoms with Crippen molar-refractivity contribution in [1.29, 1.82) is 0 Å². The molecule has 0 spiro atoms. The summed E-state index contributed by atoms with van der Waals surface area (Å²) in [4.78, 5) is 38.5. The third-order valence-electron chi connectivity index (χ3n) is 8.73. The smallest absolute Gasteiger partial charge is 0.254 e. The van der Waals surface area contributed by atoms with Crippen LogP contribution in [0.4, 0.5) is 0 Å². The largest absolute Gasteiger partial charge is 0.378 e. The second-order valence-electron chi connectivity index (χ2n) is 11.4. The van der Waals surface area contributed by atoms with Crippen LogP contribution in [0.3, 0.4) is 0 Å². The highest BCUT2D eigenvalue weighted by Crippen LogP contribution is 2.30. The molecule has 3 aliphatic heterocycles. The maximum absolute atomic E-state index is 14.0. The molecule has 2 amide bonds. The van der Waals surface area contributed by atoms with Gasteiger partial charge in [-0.25, -0.2) is 4.98 Å². The molecule has 0 aliphatic carbocycles. The van der Waals surface area contributed by atoms with E-state index in [4.69, 9.17) is 21.3 Å². The van der Waals surface area contributed by atoms with Crippen molar-refractivity contribution in [2.45, 2.75) is 38.6 Å². The number of likely N-dealkylation sites (tertiary alicyclic amines) is 2. The number of hydrogen-bond donors (Lipinski definition) is 0. The Morgan fingerprint density at radius 1 is 0.900 bits per heavy atom. The fourth-order valence-corrected chi connectivity index (χ4v) is 6.60. The lowest BCUT2D eigenvalue weighted by molar-refractivity contribution is -0.141. The van der Waals surface area contributed by atoms with E-state index in [0.29, 0.717) is 56.0 Å². The Bertz CT molecular complexity index is 1380. The van der Waals surface area contributed by atoms with Gasteiger partial charge in [0.05, 0.1) is 35.9 Å². The van der Waals surface area contributed by atoms with Crippen LogP contribution in [0.1, 0.15) is 41.6 Å². The summed E-state index contributed by atoms with van der Waals surface area (Å²) in [5, 5.41) is 1.56. The van der Waals surface area contributed by atoms with Crippen molar-refractivity contribution in [3.05, 3.63) is 64.7 Å². The molecule has 7 nitrogen and oxygen atoms in total. The number of pyridine rings is 1. The van der Waals surface area contributed by atoms with Gasteiger partial charge in [0, 0.05) is 54.7 Å². The van der Waals surface area contributed by atoms with Crippen LogP contribution in [0.25, 0.3) is 22.2 Å². The van der Waals surface area contributed by atoms with Crippen molar-refractivity contribution in [3.8, 4) is 11.3 Å². The summed E-state index contributed by atoms with van der Waals surface area (Å²) in [5.41, 5.74) is 4.33. The third-order valence-corrected chi connectivity index (χ3v) is 8.98. The number of halogens is 1. The lowest BCUT2D eigenvalue weighted by atomic mass is 9.92. The van der Waals surface area contributed by atoms with Gasteiger partial charge in [-0.05, 0) is 69.5 Å². The molecule has 4 heterocycles. The van der Waals surface area contributed by atoms with Gasteiger partial charge in [-0.1, -0.05) is 35.4 Å². The molecule has 3 saturated heterocycles. The third kappa shape index (κ3) is 5.73. The van der Waals surface area contributed by atoms with Gasteiger partial charge in [0.1, 0.15) is 0 Å². The van der Waals surface area contributed by atoms with Crippen LogP contribution in [0.5, 0.6) is 0 Å². The predicted octanol–water partition coefficient (Wildman–Crippen LogP) is 5.04. The van der Waals surface area contributed by atoms with Gasteiger partial charge in [0.15, 0.2) is 0 Å². The van der Waals surface area contributed by atoms with Crippen LogP contribution in [-0.4, -0.2) is 90.0 Å². The van der Waals surface area contributed by atoms with Gasteiger partial charge < -0.3 is 14.5 Å². The minimum absolute atomic E-state index is 0.0608. The predicted molar refractivity (Wildman–Crippen MR) is 158 cm³/mol. The summed E-state index contributed by atoms with van der Waals surface area (Å²) in [7, 11) is 0. The van der Waals surface area contributed by atoms with Gasteiger partial charge in [-0.2, -0.15) is 0 Å². The fourth-order valence-electron chi connectivity index (χ4n) is 6.47. The summed E-state index contributed by atoms with van der Waals surface area (Å²) in [5.74, 6) is 0.423. The van der Waals surface area contributed by atoms with Gasteiger partial charge in [0.25, 0.3) is 5.91 Å². The Morgan fingerprint density at radius 2 is 1.65 bits per heavy atom. The molecule has 0 radical (unpaired) electrons. The number of amides is 2. The Balaban J connectivity index is 1.16. The van der Waals surface area contributed by atoms with Gasteiger partial charge in [-0.15, -0.1) is 0 Å². The van der Waals surface area contributed by atoms with Crippen molar-refractivity contribution in [3.63, 3.8) is 0 Å². The summed E-state index contributed by atoms with van der Waals surface area (Å²) in [6.45, 7) is 8.03. The molecule has 8 heteroatoms. The maximum Gasteiger partial charge on any atom is 0.254 e. The van der Waals surface area contributed by atoms with Crippen LogP contribution in [-0.2, 0) is 9.53 Å². The standard InChI is InChI=1S/C32H37ClN4O3/c1-22-4-9-29-27(19-22)28(20-30(34-29)23-5-7-25(33)8-6-23)32(39)35-13-10-26(11-14-35)37-12-2-3-24(21-37)31(38)36-15-17-40-18-16-36/h4-9,19-20,24,26H,2-3,10-18,21H2,1H3/t24-/m1/s1. The van der Waals surface area contributed by atoms with Crippen LogP contribution in [0.2, 0.25) is 5.02 Å². The molecule has 0 unspecified atom stereocenters. The zero-order valence-corrected chi connectivity index (χ0v) is 23.9. The van der Waals surface area contributed by atoms with Gasteiger partial charge in [0.2, 0.25) is 5.91 Å².